The van der Waals surface area contributed by atoms with E-state index in [1.165, 1.54) is 47.7 Å². The minimum absolute atomic E-state index is 0.0186. The van der Waals surface area contributed by atoms with E-state index in [-0.39, 0.29) is 24.5 Å². The highest BCUT2D eigenvalue weighted by Crippen LogP contribution is 2.23. The highest BCUT2D eigenvalue weighted by atomic mass is 32.1. The van der Waals surface area contributed by atoms with Crippen LogP contribution in [0.1, 0.15) is 5.56 Å². The van der Waals surface area contributed by atoms with E-state index in [0.29, 0.717) is 15.9 Å². The van der Waals surface area contributed by atoms with Crippen molar-refractivity contribution in [2.45, 2.75) is 13.0 Å². The van der Waals surface area contributed by atoms with Crippen LogP contribution in [0.2, 0.25) is 0 Å². The van der Waals surface area contributed by atoms with Gasteiger partial charge in [-0.15, -0.1) is 6.42 Å². The van der Waals surface area contributed by atoms with E-state index in [9.17, 15) is 19.3 Å². The normalized spacial score (nSPS) is 11.5. The van der Waals surface area contributed by atoms with Crippen LogP contribution in [0.5, 0.6) is 0 Å². The Morgan fingerprint density at radius 3 is 2.69 bits per heavy atom. The summed E-state index contributed by atoms with van der Waals surface area (Å²) in [6.45, 7) is 0.129. The van der Waals surface area contributed by atoms with E-state index in [1.807, 2.05) is 0 Å². The van der Waals surface area contributed by atoms with E-state index >= 15 is 0 Å². The van der Waals surface area contributed by atoms with Crippen LogP contribution < -0.4 is 4.80 Å². The summed E-state index contributed by atoms with van der Waals surface area (Å²) in [5.41, 5.74) is 1.13. The van der Waals surface area contributed by atoms with Crippen molar-refractivity contribution < 1.29 is 14.1 Å². The quantitative estimate of drug-likeness (QED) is 0.403. The molecule has 2 aromatic carbocycles. The zero-order chi connectivity index (χ0) is 18.7. The molecule has 0 radical (unpaired) electrons. The lowest BCUT2D eigenvalue weighted by Gasteiger charge is -2.00. The van der Waals surface area contributed by atoms with Gasteiger partial charge in [-0.3, -0.25) is 14.9 Å². The van der Waals surface area contributed by atoms with E-state index in [2.05, 4.69) is 10.9 Å². The molecule has 8 heteroatoms. The summed E-state index contributed by atoms with van der Waals surface area (Å²) in [5.74, 6) is 1.68. The topological polar surface area (TPSA) is 77.5 Å². The van der Waals surface area contributed by atoms with Gasteiger partial charge in [0.25, 0.3) is 11.6 Å². The summed E-state index contributed by atoms with van der Waals surface area (Å²) in [7, 11) is 0. The maximum Gasteiger partial charge on any atom is 0.271 e. The van der Waals surface area contributed by atoms with Gasteiger partial charge in [-0.2, -0.15) is 4.99 Å². The number of hydrogen-bond acceptors (Lipinski definition) is 4. The molecule has 0 unspecified atom stereocenters. The van der Waals surface area contributed by atoms with Gasteiger partial charge in [0, 0.05) is 12.1 Å². The third-order valence-corrected chi connectivity index (χ3v) is 4.67. The predicted molar refractivity (Wildman–Crippen MR) is 96.0 cm³/mol. The Kier molecular flexibility index (Phi) is 4.91. The molecule has 0 atom stereocenters. The zero-order valence-corrected chi connectivity index (χ0v) is 14.2. The summed E-state index contributed by atoms with van der Waals surface area (Å²) in [6.07, 6.45) is 5.40. The molecule has 130 valence electrons. The molecule has 1 aromatic heterocycles. The fourth-order valence-electron chi connectivity index (χ4n) is 2.42. The number of nitro benzene ring substituents is 1. The van der Waals surface area contributed by atoms with E-state index in [4.69, 9.17) is 6.42 Å². The second-order valence-electron chi connectivity index (χ2n) is 5.39. The van der Waals surface area contributed by atoms with Crippen molar-refractivity contribution in [3.8, 4) is 12.3 Å². The first-order chi connectivity index (χ1) is 12.5. The van der Waals surface area contributed by atoms with Gasteiger partial charge in [-0.25, -0.2) is 4.39 Å². The summed E-state index contributed by atoms with van der Waals surface area (Å²) in [6, 6.07) is 10.0. The molecule has 1 heterocycles. The van der Waals surface area contributed by atoms with Crippen LogP contribution in [0.25, 0.3) is 10.2 Å². The lowest BCUT2D eigenvalue weighted by Crippen LogP contribution is -2.17. The van der Waals surface area contributed by atoms with Crippen LogP contribution in [0.15, 0.2) is 47.5 Å². The number of non-ortho nitro benzene ring substituents is 1. The number of fused-ring (bicyclic) bond motifs is 1. The molecule has 3 rings (SSSR count). The fourth-order valence-corrected chi connectivity index (χ4v) is 3.45. The fraction of sp³-hybridized carbons (Fsp3) is 0.111. The first-order valence-corrected chi connectivity index (χ1v) is 8.33. The second-order valence-corrected chi connectivity index (χ2v) is 6.40. The Morgan fingerprint density at radius 2 is 2.04 bits per heavy atom. The number of thiazole rings is 1. The number of aromatic nitrogens is 1. The summed E-state index contributed by atoms with van der Waals surface area (Å²) >= 11 is 1.22. The minimum atomic E-state index is -0.492. The first-order valence-electron chi connectivity index (χ1n) is 7.51. The monoisotopic (exact) mass is 369 g/mol. The van der Waals surface area contributed by atoms with E-state index in [0.717, 1.165) is 4.70 Å². The van der Waals surface area contributed by atoms with Crippen molar-refractivity contribution in [3.63, 3.8) is 0 Å². The average molecular weight is 369 g/mol. The molecule has 1 amide bonds. The van der Waals surface area contributed by atoms with Gasteiger partial charge in [-0.05, 0) is 23.8 Å². The smallest absolute Gasteiger partial charge is 0.271 e. The van der Waals surface area contributed by atoms with Crippen LogP contribution in [-0.4, -0.2) is 15.4 Å². The highest BCUT2D eigenvalue weighted by Gasteiger charge is 2.12. The number of hydrogen-bond donors (Lipinski definition) is 0. The molecule has 6 nitrogen and oxygen atoms in total. The van der Waals surface area contributed by atoms with Gasteiger partial charge in [-0.1, -0.05) is 29.4 Å². The standard InChI is InChI=1S/C18H12FN3O3S/c1-2-9-21-15-11-14(22(24)25)7-8-16(15)26-18(21)20-17(23)10-12-3-5-13(19)6-4-12/h1,3-8,11H,9-10H2. The Balaban J connectivity index is 2.02. The summed E-state index contributed by atoms with van der Waals surface area (Å²) in [5, 5.41) is 11.0. The van der Waals surface area contributed by atoms with Crippen LogP contribution in [0, 0.1) is 28.3 Å². The molecular weight excluding hydrogens is 357 g/mol. The molecule has 0 saturated heterocycles. The van der Waals surface area contributed by atoms with Crippen LogP contribution >= 0.6 is 11.3 Å². The van der Waals surface area contributed by atoms with Gasteiger partial charge < -0.3 is 4.57 Å². The average Bonchev–Trinajstić information content (AvgIpc) is 2.94. The van der Waals surface area contributed by atoms with Crippen LogP contribution in [0.3, 0.4) is 0 Å². The van der Waals surface area contributed by atoms with E-state index in [1.54, 1.807) is 10.6 Å². The maximum absolute atomic E-state index is 12.9. The third-order valence-electron chi connectivity index (χ3n) is 3.61. The first kappa shape index (κ1) is 17.5. The molecule has 0 fully saturated rings. The second kappa shape index (κ2) is 7.29. The van der Waals surface area contributed by atoms with Crippen LogP contribution in [0.4, 0.5) is 10.1 Å². The molecular formula is C18H12FN3O3S. The van der Waals surface area contributed by atoms with Crippen molar-refractivity contribution >= 4 is 33.1 Å². The molecule has 0 aliphatic carbocycles. The Bertz CT molecular complexity index is 1110. The number of carbonyl (C=O) groups is 1. The number of rotatable bonds is 4. The summed E-state index contributed by atoms with van der Waals surface area (Å²) in [4.78, 5) is 27.2. The number of carbonyl (C=O) groups excluding carboxylic acids is 1. The Hall–Kier alpha value is -3.31. The van der Waals surface area contributed by atoms with Crippen LogP contribution in [-0.2, 0) is 17.8 Å². The largest absolute Gasteiger partial charge is 0.304 e. The molecule has 0 bridgehead atoms. The molecule has 0 aliphatic heterocycles. The van der Waals surface area contributed by atoms with Crippen molar-refractivity contribution in [3.05, 3.63) is 68.8 Å². The third kappa shape index (κ3) is 3.68. The highest BCUT2D eigenvalue weighted by molar-refractivity contribution is 7.16. The predicted octanol–water partition coefficient (Wildman–Crippen LogP) is 3.05. The van der Waals surface area contributed by atoms with Gasteiger partial charge in [0.1, 0.15) is 5.82 Å². The number of benzene rings is 2. The minimum Gasteiger partial charge on any atom is -0.304 e. The Labute approximate surface area is 151 Å². The van der Waals surface area contributed by atoms with Gasteiger partial charge in [0.15, 0.2) is 4.80 Å². The van der Waals surface area contributed by atoms with Crippen molar-refractivity contribution in [1.82, 2.24) is 4.57 Å². The lowest BCUT2D eigenvalue weighted by molar-refractivity contribution is -0.384. The number of halogens is 1. The molecule has 0 saturated carbocycles. The van der Waals surface area contributed by atoms with Gasteiger partial charge in [0.2, 0.25) is 0 Å². The molecule has 26 heavy (non-hydrogen) atoms. The SMILES string of the molecule is C#CCn1c(=NC(=O)Cc2ccc(F)cc2)sc2ccc([N+](=O)[O-])cc21. The summed E-state index contributed by atoms with van der Waals surface area (Å²) < 4.78 is 15.3. The van der Waals surface area contributed by atoms with E-state index < -0.39 is 10.8 Å². The number of terminal acetylenes is 1. The van der Waals surface area contributed by atoms with Gasteiger partial charge >= 0.3 is 0 Å². The Morgan fingerprint density at radius 1 is 1.31 bits per heavy atom. The molecule has 0 aliphatic rings. The van der Waals surface area contributed by atoms with Crippen molar-refractivity contribution in [1.29, 1.82) is 0 Å². The molecule has 0 N–H and O–H groups in total. The van der Waals surface area contributed by atoms with Gasteiger partial charge in [0.05, 0.1) is 28.1 Å². The number of nitro groups is 1. The molecule has 0 spiro atoms. The van der Waals surface area contributed by atoms with Crippen molar-refractivity contribution in [2.24, 2.45) is 4.99 Å². The maximum atomic E-state index is 12.9. The lowest BCUT2D eigenvalue weighted by atomic mass is 10.1. The number of nitrogens with zero attached hydrogens (tertiary/aromatic N) is 3. The number of amides is 1. The van der Waals surface area contributed by atoms with Crippen molar-refractivity contribution in [2.75, 3.05) is 0 Å². The zero-order valence-electron chi connectivity index (χ0n) is 13.4. The molecule has 3 aromatic rings.